The zero-order chi connectivity index (χ0) is 17.1. The number of aliphatic hydroxyl groups is 1. The molecule has 0 spiro atoms. The molecule has 1 aliphatic rings. The fourth-order valence-electron chi connectivity index (χ4n) is 3.42. The molecule has 0 saturated carbocycles. The van der Waals surface area contributed by atoms with Crippen molar-refractivity contribution in [2.45, 2.75) is 24.9 Å². The van der Waals surface area contributed by atoms with Crippen LogP contribution in [-0.4, -0.2) is 49.3 Å². The SMILES string of the molecule is Cl.OC[C@@H](c1ccccc1)n1ccnc1-c1cn(C2CCNCC2)nn1. The minimum atomic E-state index is -0.192. The Kier molecular flexibility index (Phi) is 6.03. The number of nitrogens with one attached hydrogen (secondary N) is 1. The van der Waals surface area contributed by atoms with Gasteiger partial charge in [0.05, 0.1) is 24.9 Å². The van der Waals surface area contributed by atoms with Crippen LogP contribution in [0.5, 0.6) is 0 Å². The Labute approximate surface area is 158 Å². The number of hydrogen-bond acceptors (Lipinski definition) is 5. The normalized spacial score (nSPS) is 16.2. The maximum absolute atomic E-state index is 9.93. The molecule has 1 atom stereocenters. The second kappa shape index (κ2) is 8.44. The van der Waals surface area contributed by atoms with Gasteiger partial charge in [0.25, 0.3) is 0 Å². The fraction of sp³-hybridized carbons (Fsp3) is 0.389. The largest absolute Gasteiger partial charge is 0.394 e. The lowest BCUT2D eigenvalue weighted by molar-refractivity contribution is 0.250. The maximum Gasteiger partial charge on any atom is 0.162 e. The molecule has 1 aromatic carbocycles. The zero-order valence-electron chi connectivity index (χ0n) is 14.4. The summed E-state index contributed by atoms with van der Waals surface area (Å²) in [5.74, 6) is 0.725. The van der Waals surface area contributed by atoms with Crippen molar-refractivity contribution in [3.8, 4) is 11.5 Å². The van der Waals surface area contributed by atoms with Crippen LogP contribution in [0.25, 0.3) is 11.5 Å². The highest BCUT2D eigenvalue weighted by atomic mass is 35.5. The number of hydrogen-bond donors (Lipinski definition) is 2. The average molecular weight is 375 g/mol. The van der Waals surface area contributed by atoms with Crippen LogP contribution in [0.2, 0.25) is 0 Å². The molecule has 0 unspecified atom stereocenters. The minimum Gasteiger partial charge on any atom is -0.394 e. The molecule has 0 bridgehead atoms. The predicted octanol–water partition coefficient (Wildman–Crippen LogP) is 2.07. The van der Waals surface area contributed by atoms with Gasteiger partial charge in [0, 0.05) is 12.4 Å². The Hall–Kier alpha value is -2.22. The predicted molar refractivity (Wildman–Crippen MR) is 101 cm³/mol. The molecule has 138 valence electrons. The van der Waals surface area contributed by atoms with E-state index in [2.05, 4.69) is 20.6 Å². The molecule has 0 aliphatic carbocycles. The van der Waals surface area contributed by atoms with Gasteiger partial charge >= 0.3 is 0 Å². The van der Waals surface area contributed by atoms with E-state index in [9.17, 15) is 5.11 Å². The molecule has 0 amide bonds. The van der Waals surface area contributed by atoms with Gasteiger partial charge in [-0.1, -0.05) is 35.5 Å². The number of rotatable bonds is 5. The summed E-state index contributed by atoms with van der Waals surface area (Å²) >= 11 is 0. The first-order chi connectivity index (χ1) is 12.4. The number of piperidine rings is 1. The van der Waals surface area contributed by atoms with E-state index in [-0.39, 0.29) is 25.1 Å². The quantitative estimate of drug-likeness (QED) is 0.714. The lowest BCUT2D eigenvalue weighted by atomic mass is 10.1. The van der Waals surface area contributed by atoms with Gasteiger partial charge in [-0.25, -0.2) is 9.67 Å². The lowest BCUT2D eigenvalue weighted by Crippen LogP contribution is -2.29. The summed E-state index contributed by atoms with van der Waals surface area (Å²) < 4.78 is 3.91. The van der Waals surface area contributed by atoms with Gasteiger partial charge in [0.2, 0.25) is 0 Å². The molecule has 7 nitrogen and oxygen atoms in total. The van der Waals surface area contributed by atoms with Crippen LogP contribution in [-0.2, 0) is 0 Å². The fourth-order valence-corrected chi connectivity index (χ4v) is 3.42. The van der Waals surface area contributed by atoms with Crippen LogP contribution in [0.3, 0.4) is 0 Å². The van der Waals surface area contributed by atoms with Gasteiger partial charge in [-0.3, -0.25) is 0 Å². The van der Waals surface area contributed by atoms with Gasteiger partial charge in [-0.05, 0) is 31.5 Å². The number of benzene rings is 1. The van der Waals surface area contributed by atoms with Crippen molar-refractivity contribution in [2.75, 3.05) is 19.7 Å². The summed E-state index contributed by atoms with van der Waals surface area (Å²) in [7, 11) is 0. The van der Waals surface area contributed by atoms with Crippen LogP contribution in [0.1, 0.15) is 30.5 Å². The highest BCUT2D eigenvalue weighted by Crippen LogP contribution is 2.25. The molecule has 2 N–H and O–H groups in total. The zero-order valence-corrected chi connectivity index (χ0v) is 15.2. The van der Waals surface area contributed by atoms with E-state index in [1.54, 1.807) is 6.20 Å². The smallest absolute Gasteiger partial charge is 0.162 e. The van der Waals surface area contributed by atoms with Crippen LogP contribution in [0.4, 0.5) is 0 Å². The number of aliphatic hydroxyl groups excluding tert-OH is 1. The third-order valence-electron chi connectivity index (χ3n) is 4.78. The molecule has 0 radical (unpaired) electrons. The van der Waals surface area contributed by atoms with Crippen molar-refractivity contribution in [1.29, 1.82) is 0 Å². The summed E-state index contributed by atoms with van der Waals surface area (Å²) in [6.45, 7) is 2.01. The number of halogens is 1. The van der Waals surface area contributed by atoms with E-state index in [4.69, 9.17) is 0 Å². The van der Waals surface area contributed by atoms with Gasteiger partial charge in [-0.15, -0.1) is 17.5 Å². The number of aromatic nitrogens is 5. The first kappa shape index (κ1) is 18.6. The Balaban J connectivity index is 0.00000196. The molecule has 26 heavy (non-hydrogen) atoms. The van der Waals surface area contributed by atoms with Crippen LogP contribution < -0.4 is 5.32 Å². The van der Waals surface area contributed by atoms with E-state index in [0.29, 0.717) is 6.04 Å². The topological polar surface area (TPSA) is 80.8 Å². The maximum atomic E-state index is 9.93. The molecule has 3 aromatic rings. The highest BCUT2D eigenvalue weighted by Gasteiger charge is 2.21. The first-order valence-corrected chi connectivity index (χ1v) is 8.68. The van der Waals surface area contributed by atoms with Gasteiger partial charge in [-0.2, -0.15) is 0 Å². The van der Waals surface area contributed by atoms with Crippen LogP contribution in [0.15, 0.2) is 48.9 Å². The van der Waals surface area contributed by atoms with Gasteiger partial charge < -0.3 is 15.0 Å². The number of nitrogens with zero attached hydrogens (tertiary/aromatic N) is 5. The van der Waals surface area contributed by atoms with Crippen molar-refractivity contribution in [2.24, 2.45) is 0 Å². The summed E-state index contributed by atoms with van der Waals surface area (Å²) in [6.07, 6.45) is 7.70. The second-order valence-electron chi connectivity index (χ2n) is 6.33. The van der Waals surface area contributed by atoms with E-state index in [0.717, 1.165) is 43.0 Å². The van der Waals surface area contributed by atoms with Gasteiger partial charge in [0.1, 0.15) is 5.69 Å². The average Bonchev–Trinajstić information content (AvgIpc) is 3.33. The molecule has 2 aromatic heterocycles. The Morgan fingerprint density at radius 1 is 1.19 bits per heavy atom. The molecular formula is C18H23ClN6O. The van der Waals surface area contributed by atoms with Gasteiger partial charge in [0.15, 0.2) is 5.82 Å². The van der Waals surface area contributed by atoms with Crippen molar-refractivity contribution >= 4 is 12.4 Å². The van der Waals surface area contributed by atoms with Crippen molar-refractivity contribution in [3.63, 3.8) is 0 Å². The summed E-state index contributed by atoms with van der Waals surface area (Å²) in [4.78, 5) is 4.46. The van der Waals surface area contributed by atoms with E-state index in [1.807, 2.05) is 52.0 Å². The molecule has 1 aliphatic heterocycles. The van der Waals surface area contributed by atoms with E-state index in [1.165, 1.54) is 0 Å². The molecular weight excluding hydrogens is 352 g/mol. The summed E-state index contributed by atoms with van der Waals surface area (Å²) in [5.41, 5.74) is 1.77. The molecule has 1 saturated heterocycles. The monoisotopic (exact) mass is 374 g/mol. The molecule has 8 heteroatoms. The Morgan fingerprint density at radius 2 is 1.96 bits per heavy atom. The molecule has 4 rings (SSSR count). The minimum absolute atomic E-state index is 0. The second-order valence-corrected chi connectivity index (χ2v) is 6.33. The highest BCUT2D eigenvalue weighted by molar-refractivity contribution is 5.85. The third kappa shape index (κ3) is 3.65. The summed E-state index contributed by atoms with van der Waals surface area (Å²) in [5, 5.41) is 21.9. The van der Waals surface area contributed by atoms with Crippen molar-refractivity contribution < 1.29 is 5.11 Å². The van der Waals surface area contributed by atoms with Crippen molar-refractivity contribution in [3.05, 3.63) is 54.5 Å². The standard InChI is InChI=1S/C18H22N6O.ClH/c25-13-17(14-4-2-1-3-5-14)23-11-10-20-18(23)16-12-24(22-21-16)15-6-8-19-9-7-15;/h1-5,10-12,15,17,19,25H,6-9,13H2;1H/t17-;/m0./s1. The van der Waals surface area contributed by atoms with Crippen LogP contribution >= 0.6 is 12.4 Å². The summed E-state index contributed by atoms with van der Waals surface area (Å²) in [6, 6.07) is 10.1. The van der Waals surface area contributed by atoms with E-state index >= 15 is 0 Å². The Morgan fingerprint density at radius 3 is 2.69 bits per heavy atom. The molecule has 1 fully saturated rings. The number of imidazole rings is 1. The Bertz CT molecular complexity index is 812. The van der Waals surface area contributed by atoms with E-state index < -0.39 is 0 Å². The van der Waals surface area contributed by atoms with Crippen LogP contribution in [0, 0.1) is 0 Å². The first-order valence-electron chi connectivity index (χ1n) is 8.68. The lowest BCUT2D eigenvalue weighted by Gasteiger charge is -2.22. The van der Waals surface area contributed by atoms with Crippen molar-refractivity contribution in [1.82, 2.24) is 29.9 Å². The third-order valence-corrected chi connectivity index (χ3v) is 4.78. The molecule has 3 heterocycles.